The number of likely N-dealkylation sites (tertiary alicyclic amines) is 2. The summed E-state index contributed by atoms with van der Waals surface area (Å²) in [4.78, 5) is 59.7. The number of anilines is 1. The minimum atomic E-state index is -3.15. The molecular formula is C36H41ClF2N8O7. The molecule has 0 unspecified atom stereocenters. The lowest BCUT2D eigenvalue weighted by Crippen LogP contribution is -2.43. The van der Waals surface area contributed by atoms with E-state index in [1.165, 1.54) is 46.0 Å². The number of hydrogen-bond acceptors (Lipinski definition) is 10. The molecule has 4 aromatic rings. The van der Waals surface area contributed by atoms with Gasteiger partial charge in [0.25, 0.3) is 5.91 Å². The number of rotatable bonds is 10. The highest BCUT2D eigenvalue weighted by Crippen LogP contribution is 2.37. The van der Waals surface area contributed by atoms with Crippen molar-refractivity contribution in [3.05, 3.63) is 59.6 Å². The maximum absolute atomic E-state index is 13.5. The molecule has 0 atom stereocenters. The van der Waals surface area contributed by atoms with Gasteiger partial charge >= 0.3 is 18.7 Å². The average molecular weight is 771 g/mol. The van der Waals surface area contributed by atoms with Crippen molar-refractivity contribution in [1.29, 1.82) is 0 Å². The van der Waals surface area contributed by atoms with Crippen LogP contribution in [0.15, 0.2) is 49.1 Å². The fourth-order valence-electron chi connectivity index (χ4n) is 6.39. The number of benzene rings is 1. The molecule has 15 nitrogen and oxygen atoms in total. The predicted molar refractivity (Wildman–Crippen MR) is 191 cm³/mol. The summed E-state index contributed by atoms with van der Waals surface area (Å²) in [5.74, 6) is -1.66. The highest BCUT2D eigenvalue weighted by Gasteiger charge is 2.31. The second-order valence-electron chi connectivity index (χ2n) is 14.2. The Morgan fingerprint density at radius 2 is 1.76 bits per heavy atom. The number of nitrogens with one attached hydrogen (secondary N) is 1. The normalized spacial score (nSPS) is 15.8. The Hall–Kier alpha value is -5.32. The number of ether oxygens (including phenoxy) is 3. The van der Waals surface area contributed by atoms with E-state index >= 15 is 0 Å². The molecule has 54 heavy (non-hydrogen) atoms. The Morgan fingerprint density at radius 1 is 1.04 bits per heavy atom. The molecule has 0 radical (unpaired) electrons. The van der Waals surface area contributed by atoms with Crippen LogP contribution in [0.3, 0.4) is 0 Å². The number of nitrogens with zero attached hydrogens (tertiary/aromatic N) is 7. The van der Waals surface area contributed by atoms with Crippen molar-refractivity contribution in [3.8, 4) is 17.0 Å². The molecule has 1 N–H and O–H groups in total. The largest absolute Gasteiger partial charge is 0.465 e. The standard InChI is InChI=1S/C36H41ClF2N8O7/c1-36(2,3)54-35(51)45-13-7-22(8-14-45)21-52-33(50)23-9-15-44(16-10-23)29(48)20-46-19-27(42-32(49)26-18-41-47-12-4-11-40-31(26)47)30(43-46)25-17-24(37)5-6-28(25)53-34(38)39/h4-6,11-12,17-19,22-23,34H,7-10,13-16,20-21H2,1-3H3,(H,42,49). The summed E-state index contributed by atoms with van der Waals surface area (Å²) in [7, 11) is 0. The van der Waals surface area contributed by atoms with Crippen molar-refractivity contribution < 1.29 is 42.2 Å². The van der Waals surface area contributed by atoms with Crippen LogP contribution in [0, 0.1) is 11.8 Å². The molecule has 2 saturated heterocycles. The van der Waals surface area contributed by atoms with Gasteiger partial charge in [-0.2, -0.15) is 19.0 Å². The Bertz CT molecular complexity index is 2000. The molecule has 3 amide bonds. The highest BCUT2D eigenvalue weighted by molar-refractivity contribution is 6.31. The fraction of sp³-hybridized carbons (Fsp3) is 0.472. The fourth-order valence-corrected chi connectivity index (χ4v) is 6.56. The topological polar surface area (TPSA) is 162 Å². The van der Waals surface area contributed by atoms with E-state index < -0.39 is 18.1 Å². The number of carbonyl (C=O) groups excluding carboxylic acids is 4. The quantitative estimate of drug-likeness (QED) is 0.203. The Kier molecular flexibility index (Phi) is 11.6. The first-order valence-electron chi connectivity index (χ1n) is 17.6. The van der Waals surface area contributed by atoms with E-state index in [2.05, 4.69) is 20.5 Å². The molecule has 0 aliphatic carbocycles. The van der Waals surface area contributed by atoms with Gasteiger partial charge in [0, 0.05) is 55.4 Å². The molecule has 2 aliphatic heterocycles. The van der Waals surface area contributed by atoms with Crippen molar-refractivity contribution in [3.63, 3.8) is 0 Å². The van der Waals surface area contributed by atoms with Crippen LogP contribution in [0.4, 0.5) is 19.3 Å². The Labute approximate surface area is 314 Å². The molecule has 3 aromatic heterocycles. The van der Waals surface area contributed by atoms with E-state index in [-0.39, 0.29) is 81.9 Å². The Balaban J connectivity index is 1.07. The molecule has 0 saturated carbocycles. The van der Waals surface area contributed by atoms with Crippen LogP contribution < -0.4 is 10.1 Å². The van der Waals surface area contributed by atoms with Crippen molar-refractivity contribution in [1.82, 2.24) is 34.2 Å². The second-order valence-corrected chi connectivity index (χ2v) is 14.6. The SMILES string of the molecule is CC(C)(C)OC(=O)N1CCC(COC(=O)C2CCN(C(=O)Cn3cc(NC(=O)c4cnn5cccnc45)c(-c4cc(Cl)ccc4OC(F)F)n3)CC2)CC1. The Morgan fingerprint density at radius 3 is 2.46 bits per heavy atom. The molecular weight excluding hydrogens is 730 g/mol. The monoisotopic (exact) mass is 770 g/mol. The number of alkyl halides is 2. The van der Waals surface area contributed by atoms with Crippen molar-refractivity contribution in [2.24, 2.45) is 11.8 Å². The zero-order chi connectivity index (χ0) is 38.6. The lowest BCUT2D eigenvalue weighted by atomic mass is 9.96. The summed E-state index contributed by atoms with van der Waals surface area (Å²) >= 11 is 6.23. The van der Waals surface area contributed by atoms with Crippen LogP contribution in [-0.4, -0.2) is 103 Å². The van der Waals surface area contributed by atoms with Crippen LogP contribution in [-0.2, 0) is 25.6 Å². The average Bonchev–Trinajstić information content (AvgIpc) is 3.74. The maximum atomic E-state index is 13.5. The molecule has 6 rings (SSSR count). The lowest BCUT2D eigenvalue weighted by Gasteiger charge is -2.34. The van der Waals surface area contributed by atoms with Gasteiger partial charge in [-0.1, -0.05) is 11.6 Å². The lowest BCUT2D eigenvalue weighted by molar-refractivity contribution is -0.153. The highest BCUT2D eigenvalue weighted by atomic mass is 35.5. The van der Waals surface area contributed by atoms with Crippen LogP contribution in [0.2, 0.25) is 5.02 Å². The number of esters is 1. The molecule has 0 spiro atoms. The van der Waals surface area contributed by atoms with Gasteiger partial charge in [-0.15, -0.1) is 0 Å². The summed E-state index contributed by atoms with van der Waals surface area (Å²) in [6.07, 6.45) is 7.79. The summed E-state index contributed by atoms with van der Waals surface area (Å²) in [6, 6.07) is 5.67. The zero-order valence-corrected chi connectivity index (χ0v) is 30.8. The van der Waals surface area contributed by atoms with Crippen molar-refractivity contribution in [2.45, 2.75) is 65.2 Å². The van der Waals surface area contributed by atoms with Crippen molar-refractivity contribution in [2.75, 3.05) is 38.1 Å². The third-order valence-corrected chi connectivity index (χ3v) is 9.39. The number of fused-ring (bicyclic) bond motifs is 1. The number of piperidine rings is 2. The number of aromatic nitrogens is 5. The number of carbonyl (C=O) groups is 4. The minimum absolute atomic E-state index is 0.0377. The minimum Gasteiger partial charge on any atom is -0.465 e. The smallest absolute Gasteiger partial charge is 0.410 e. The first-order chi connectivity index (χ1) is 25.7. The summed E-state index contributed by atoms with van der Waals surface area (Å²) in [5.41, 5.74) is 0.0672. The van der Waals surface area contributed by atoms with Crippen LogP contribution in [0.1, 0.15) is 56.8 Å². The number of amides is 3. The molecule has 0 bridgehead atoms. The summed E-state index contributed by atoms with van der Waals surface area (Å²) < 4.78 is 45.3. The third-order valence-electron chi connectivity index (χ3n) is 9.15. The van der Waals surface area contributed by atoms with Gasteiger partial charge < -0.3 is 29.3 Å². The van der Waals surface area contributed by atoms with E-state index in [4.69, 9.17) is 25.8 Å². The summed E-state index contributed by atoms with van der Waals surface area (Å²) in [6.45, 7) is 4.04. The molecule has 2 fully saturated rings. The number of halogens is 3. The van der Waals surface area contributed by atoms with E-state index in [1.54, 1.807) is 22.1 Å². The molecule has 5 heterocycles. The van der Waals surface area contributed by atoms with Gasteiger partial charge in [0.15, 0.2) is 5.65 Å². The van der Waals surface area contributed by atoms with Gasteiger partial charge in [0.05, 0.1) is 24.4 Å². The van der Waals surface area contributed by atoms with Crippen LogP contribution in [0.5, 0.6) is 5.75 Å². The first kappa shape index (κ1) is 38.4. The van der Waals surface area contributed by atoms with Gasteiger partial charge in [0.1, 0.15) is 29.2 Å². The molecule has 2 aliphatic rings. The third kappa shape index (κ3) is 9.42. The van der Waals surface area contributed by atoms with Gasteiger partial charge in [0.2, 0.25) is 5.91 Å². The van der Waals surface area contributed by atoms with E-state index in [0.717, 1.165) is 0 Å². The van der Waals surface area contributed by atoms with Crippen LogP contribution >= 0.6 is 11.6 Å². The summed E-state index contributed by atoms with van der Waals surface area (Å²) in [5, 5.41) is 11.6. The number of hydrogen-bond donors (Lipinski definition) is 1. The van der Waals surface area contributed by atoms with Gasteiger partial charge in [-0.3, -0.25) is 19.1 Å². The van der Waals surface area contributed by atoms with E-state index in [1.807, 2.05) is 20.8 Å². The van der Waals surface area contributed by atoms with Gasteiger partial charge in [-0.25, -0.2) is 14.3 Å². The first-order valence-corrected chi connectivity index (χ1v) is 18.0. The molecule has 1 aromatic carbocycles. The zero-order valence-electron chi connectivity index (χ0n) is 30.0. The maximum Gasteiger partial charge on any atom is 0.410 e. The van der Waals surface area contributed by atoms with Crippen LogP contribution in [0.25, 0.3) is 16.9 Å². The van der Waals surface area contributed by atoms with Crippen molar-refractivity contribution >= 4 is 46.8 Å². The van der Waals surface area contributed by atoms with Gasteiger partial charge in [-0.05, 0) is 76.6 Å². The molecule has 18 heteroatoms. The predicted octanol–water partition coefficient (Wildman–Crippen LogP) is 5.53. The van der Waals surface area contributed by atoms with E-state index in [9.17, 15) is 28.0 Å². The molecule has 288 valence electrons. The van der Waals surface area contributed by atoms with E-state index in [0.29, 0.717) is 51.9 Å². The second kappa shape index (κ2) is 16.4.